The molecule has 2 rings (SSSR count). The standard InChI is InChI=1S/C17H24FNO2/c1-2-21-16-9-12-19(13-10-16)11-3-4-17(20)14-5-7-15(18)8-6-14/h5-8,16H,2-4,9-13H2,1H3. The van der Waals surface area contributed by atoms with Crippen LogP contribution in [0.1, 0.15) is 43.0 Å². The van der Waals surface area contributed by atoms with Crippen LogP contribution in [-0.4, -0.2) is 43.0 Å². The quantitative estimate of drug-likeness (QED) is 0.723. The Kier molecular flexibility index (Phi) is 6.33. The molecule has 1 aliphatic heterocycles. The second-order valence-corrected chi connectivity index (χ2v) is 5.53. The predicted octanol–water partition coefficient (Wildman–Crippen LogP) is 3.29. The Labute approximate surface area is 126 Å². The van der Waals surface area contributed by atoms with Crippen molar-refractivity contribution in [3.63, 3.8) is 0 Å². The van der Waals surface area contributed by atoms with E-state index in [1.165, 1.54) is 12.1 Å². The molecule has 1 saturated heterocycles. The SMILES string of the molecule is CCOC1CCN(CCCC(=O)c2ccc(F)cc2)CC1. The average Bonchev–Trinajstić information content (AvgIpc) is 2.50. The van der Waals surface area contributed by atoms with Gasteiger partial charge in [0.25, 0.3) is 0 Å². The molecule has 0 saturated carbocycles. The van der Waals surface area contributed by atoms with Crippen LogP contribution in [0.5, 0.6) is 0 Å². The summed E-state index contributed by atoms with van der Waals surface area (Å²) in [5, 5.41) is 0. The first-order valence-electron chi connectivity index (χ1n) is 7.81. The van der Waals surface area contributed by atoms with E-state index in [1.807, 2.05) is 6.92 Å². The third-order valence-electron chi connectivity index (χ3n) is 3.98. The van der Waals surface area contributed by atoms with Gasteiger partial charge in [0.15, 0.2) is 5.78 Å². The van der Waals surface area contributed by atoms with E-state index in [1.54, 1.807) is 12.1 Å². The highest BCUT2D eigenvalue weighted by atomic mass is 19.1. The molecule has 0 atom stereocenters. The molecular weight excluding hydrogens is 269 g/mol. The van der Waals surface area contributed by atoms with Gasteiger partial charge in [0.2, 0.25) is 0 Å². The number of piperidine rings is 1. The number of Topliss-reactive ketones (excluding diaryl/α,β-unsaturated/α-hetero) is 1. The molecule has 0 amide bonds. The molecule has 1 heterocycles. The van der Waals surface area contributed by atoms with Gasteiger partial charge in [0.1, 0.15) is 5.82 Å². The molecule has 1 aliphatic rings. The summed E-state index contributed by atoms with van der Waals surface area (Å²) in [7, 11) is 0. The zero-order valence-electron chi connectivity index (χ0n) is 12.7. The van der Waals surface area contributed by atoms with Crippen LogP contribution >= 0.6 is 0 Å². The van der Waals surface area contributed by atoms with Crippen molar-refractivity contribution >= 4 is 5.78 Å². The molecule has 0 bridgehead atoms. The summed E-state index contributed by atoms with van der Waals surface area (Å²) in [4.78, 5) is 14.4. The summed E-state index contributed by atoms with van der Waals surface area (Å²) < 4.78 is 18.4. The van der Waals surface area contributed by atoms with Crippen molar-refractivity contribution in [3.05, 3.63) is 35.6 Å². The van der Waals surface area contributed by atoms with Crippen LogP contribution in [0.3, 0.4) is 0 Å². The van der Waals surface area contributed by atoms with Gasteiger partial charge in [0.05, 0.1) is 6.10 Å². The number of carbonyl (C=O) groups is 1. The molecule has 4 heteroatoms. The monoisotopic (exact) mass is 293 g/mol. The fourth-order valence-corrected chi connectivity index (χ4v) is 2.78. The van der Waals surface area contributed by atoms with Crippen LogP contribution in [0.25, 0.3) is 0 Å². The number of ketones is 1. The van der Waals surface area contributed by atoms with E-state index in [0.717, 1.165) is 45.5 Å². The third kappa shape index (κ3) is 5.21. The van der Waals surface area contributed by atoms with E-state index in [2.05, 4.69) is 4.90 Å². The average molecular weight is 293 g/mol. The van der Waals surface area contributed by atoms with E-state index in [9.17, 15) is 9.18 Å². The van der Waals surface area contributed by atoms with E-state index < -0.39 is 0 Å². The third-order valence-corrected chi connectivity index (χ3v) is 3.98. The lowest BCUT2D eigenvalue weighted by molar-refractivity contribution is 0.0140. The van der Waals surface area contributed by atoms with Crippen molar-refractivity contribution in [1.82, 2.24) is 4.90 Å². The molecule has 0 spiro atoms. The Morgan fingerprint density at radius 1 is 1.29 bits per heavy atom. The molecule has 0 N–H and O–H groups in total. The van der Waals surface area contributed by atoms with E-state index in [4.69, 9.17) is 4.74 Å². The van der Waals surface area contributed by atoms with Gasteiger partial charge in [-0.1, -0.05) is 0 Å². The van der Waals surface area contributed by atoms with Crippen molar-refractivity contribution in [2.24, 2.45) is 0 Å². The van der Waals surface area contributed by atoms with Gasteiger partial charge in [-0.2, -0.15) is 0 Å². The van der Waals surface area contributed by atoms with Gasteiger partial charge in [-0.15, -0.1) is 0 Å². The zero-order chi connectivity index (χ0) is 15.1. The fraction of sp³-hybridized carbons (Fsp3) is 0.588. The van der Waals surface area contributed by atoms with Crippen molar-refractivity contribution in [1.29, 1.82) is 0 Å². The van der Waals surface area contributed by atoms with Crippen molar-refractivity contribution < 1.29 is 13.9 Å². The molecule has 3 nitrogen and oxygen atoms in total. The molecule has 1 aromatic rings. The van der Waals surface area contributed by atoms with Crippen LogP contribution in [-0.2, 0) is 4.74 Å². The van der Waals surface area contributed by atoms with Gasteiger partial charge < -0.3 is 9.64 Å². The number of hydrogen-bond donors (Lipinski definition) is 0. The Morgan fingerprint density at radius 2 is 1.95 bits per heavy atom. The number of halogens is 1. The number of carbonyl (C=O) groups excluding carboxylic acids is 1. The molecule has 0 radical (unpaired) electrons. The topological polar surface area (TPSA) is 29.5 Å². The van der Waals surface area contributed by atoms with Gasteiger partial charge in [-0.25, -0.2) is 4.39 Å². The summed E-state index contributed by atoms with van der Waals surface area (Å²) in [6.45, 7) is 5.88. The second-order valence-electron chi connectivity index (χ2n) is 5.53. The first-order valence-corrected chi connectivity index (χ1v) is 7.81. The molecule has 0 unspecified atom stereocenters. The Bertz CT molecular complexity index is 439. The van der Waals surface area contributed by atoms with Gasteiger partial charge >= 0.3 is 0 Å². The highest BCUT2D eigenvalue weighted by molar-refractivity contribution is 5.95. The summed E-state index contributed by atoms with van der Waals surface area (Å²) >= 11 is 0. The van der Waals surface area contributed by atoms with Gasteiger partial charge in [0, 0.05) is 31.7 Å². The summed E-state index contributed by atoms with van der Waals surface area (Å²) in [6.07, 6.45) is 3.96. The van der Waals surface area contributed by atoms with E-state index in [0.29, 0.717) is 18.1 Å². The molecule has 116 valence electrons. The maximum atomic E-state index is 12.8. The molecule has 0 aliphatic carbocycles. The van der Waals surface area contributed by atoms with Crippen molar-refractivity contribution in [2.45, 2.75) is 38.7 Å². The van der Waals surface area contributed by atoms with E-state index in [-0.39, 0.29) is 11.6 Å². The van der Waals surface area contributed by atoms with Crippen LogP contribution < -0.4 is 0 Å². The normalized spacial score (nSPS) is 17.0. The number of nitrogens with zero attached hydrogens (tertiary/aromatic N) is 1. The lowest BCUT2D eigenvalue weighted by Gasteiger charge is -2.31. The van der Waals surface area contributed by atoms with E-state index >= 15 is 0 Å². The summed E-state index contributed by atoms with van der Waals surface area (Å²) in [5.74, 6) is -0.206. The van der Waals surface area contributed by atoms with Gasteiger partial charge in [-0.3, -0.25) is 4.79 Å². The number of rotatable bonds is 7. The highest BCUT2D eigenvalue weighted by Crippen LogP contribution is 2.15. The summed E-state index contributed by atoms with van der Waals surface area (Å²) in [5.41, 5.74) is 0.603. The van der Waals surface area contributed by atoms with Gasteiger partial charge in [-0.05, 0) is 57.0 Å². The second kappa shape index (κ2) is 8.25. The first-order chi connectivity index (χ1) is 10.2. The number of benzene rings is 1. The lowest BCUT2D eigenvalue weighted by Crippen LogP contribution is -2.37. The fourth-order valence-electron chi connectivity index (χ4n) is 2.78. The maximum Gasteiger partial charge on any atom is 0.162 e. The Morgan fingerprint density at radius 3 is 2.57 bits per heavy atom. The number of ether oxygens (including phenoxy) is 1. The molecule has 21 heavy (non-hydrogen) atoms. The Balaban J connectivity index is 1.66. The van der Waals surface area contributed by atoms with Crippen LogP contribution in [0.15, 0.2) is 24.3 Å². The molecule has 1 aromatic carbocycles. The molecule has 1 fully saturated rings. The van der Waals surface area contributed by atoms with Crippen molar-refractivity contribution in [2.75, 3.05) is 26.2 Å². The molecule has 0 aromatic heterocycles. The maximum absolute atomic E-state index is 12.8. The van der Waals surface area contributed by atoms with Crippen molar-refractivity contribution in [3.8, 4) is 0 Å². The number of likely N-dealkylation sites (tertiary alicyclic amines) is 1. The minimum absolute atomic E-state index is 0.0965. The number of hydrogen-bond acceptors (Lipinski definition) is 3. The largest absolute Gasteiger partial charge is 0.378 e. The van der Waals surface area contributed by atoms with Crippen LogP contribution in [0.4, 0.5) is 4.39 Å². The highest BCUT2D eigenvalue weighted by Gasteiger charge is 2.19. The smallest absolute Gasteiger partial charge is 0.162 e. The minimum atomic E-state index is -0.302. The van der Waals surface area contributed by atoms with Crippen LogP contribution in [0.2, 0.25) is 0 Å². The molecular formula is C17H24FNO2. The Hall–Kier alpha value is -1.26. The summed E-state index contributed by atoms with van der Waals surface area (Å²) in [6, 6.07) is 5.80. The zero-order valence-corrected chi connectivity index (χ0v) is 12.7. The minimum Gasteiger partial charge on any atom is -0.378 e. The van der Waals surface area contributed by atoms with Crippen LogP contribution in [0, 0.1) is 5.82 Å². The first kappa shape index (κ1) is 16.1. The lowest BCUT2D eigenvalue weighted by atomic mass is 10.0. The predicted molar refractivity (Wildman–Crippen MR) is 81.1 cm³/mol.